The molecule has 14 heteroatoms. The van der Waals surface area contributed by atoms with Gasteiger partial charge in [0.2, 0.25) is 0 Å². The van der Waals surface area contributed by atoms with Crippen molar-refractivity contribution in [2.75, 3.05) is 19.0 Å². The number of nitrogens with zero attached hydrogens (tertiary/aromatic N) is 4. The van der Waals surface area contributed by atoms with E-state index in [1.165, 1.54) is 18.0 Å². The van der Waals surface area contributed by atoms with Gasteiger partial charge in [-0.15, -0.1) is 5.10 Å². The van der Waals surface area contributed by atoms with E-state index in [9.17, 15) is 18.0 Å². The number of carbonyl (C=O) groups excluding carboxylic acids is 1. The molecule has 5 aromatic rings. The Morgan fingerprint density at radius 2 is 1.83 bits per heavy atom. The Kier molecular flexibility index (Phi) is 8.17. The number of aromatic nitrogens is 4. The monoisotopic (exact) mass is 651 g/mol. The number of hydrogen-bond acceptors (Lipinski definition) is 8. The third-order valence-corrected chi connectivity index (χ3v) is 8.20. The minimum Gasteiger partial charge on any atom is -0.376 e. The minimum absolute atomic E-state index is 0.0371. The maximum atomic E-state index is 14.1. The standard InChI is InChI=1S/C32H25ClF3N5O5/c1-43-29-27(41-14-23(39-40-41)18-11-20(34)25(36)21(35)12-18)28-24(15-44-32(46-28)16-6-3-2-4-7-16)45-30(29)31(42)38-22-13-19(33)10-17-8-5-9-37-26(17)22/h2-14,24,27-30,32H,15H2,1H3,(H,38,42). The molecule has 0 aliphatic carbocycles. The number of pyridine rings is 1. The zero-order chi connectivity index (χ0) is 31.9. The zero-order valence-corrected chi connectivity index (χ0v) is 24.8. The van der Waals surface area contributed by atoms with Crippen LogP contribution in [-0.4, -0.2) is 64.0 Å². The van der Waals surface area contributed by atoms with Gasteiger partial charge in [0.1, 0.15) is 30.0 Å². The molecule has 7 rings (SSSR count). The van der Waals surface area contributed by atoms with Crippen LogP contribution in [0.3, 0.4) is 0 Å². The first kappa shape index (κ1) is 30.3. The first-order valence-corrected chi connectivity index (χ1v) is 14.6. The fourth-order valence-corrected chi connectivity index (χ4v) is 6.10. The summed E-state index contributed by atoms with van der Waals surface area (Å²) >= 11 is 6.33. The lowest BCUT2D eigenvalue weighted by Crippen LogP contribution is -2.62. The number of carbonyl (C=O) groups is 1. The second kappa shape index (κ2) is 12.4. The lowest BCUT2D eigenvalue weighted by Gasteiger charge is -2.48. The number of nitrogens with one attached hydrogen (secondary N) is 1. The number of halogens is 4. The topological polar surface area (TPSA) is 110 Å². The number of ether oxygens (including phenoxy) is 4. The summed E-state index contributed by atoms with van der Waals surface area (Å²) in [5.41, 5.74) is 1.67. The molecule has 6 unspecified atom stereocenters. The average molecular weight is 652 g/mol. The SMILES string of the molecule is COC1C(C(=O)Nc2cc(Cl)cc3cccnc23)OC2COC(c3ccccc3)OC2C1n1cc(-c2cc(F)c(F)c(F)c2)nn1. The van der Waals surface area contributed by atoms with Gasteiger partial charge in [-0.3, -0.25) is 9.78 Å². The maximum Gasteiger partial charge on any atom is 0.256 e. The second-order valence-electron chi connectivity index (χ2n) is 10.8. The van der Waals surface area contributed by atoms with E-state index in [1.54, 1.807) is 24.4 Å². The van der Waals surface area contributed by atoms with E-state index < -0.39 is 60.1 Å². The highest BCUT2D eigenvalue weighted by Crippen LogP contribution is 2.41. The molecule has 2 aliphatic heterocycles. The van der Waals surface area contributed by atoms with E-state index in [4.69, 9.17) is 30.5 Å². The van der Waals surface area contributed by atoms with E-state index in [-0.39, 0.29) is 17.9 Å². The van der Waals surface area contributed by atoms with Gasteiger partial charge in [0.25, 0.3) is 5.91 Å². The lowest BCUT2D eigenvalue weighted by molar-refractivity contribution is -0.314. The van der Waals surface area contributed by atoms with Crippen LogP contribution < -0.4 is 5.32 Å². The molecule has 10 nitrogen and oxygen atoms in total. The Balaban J connectivity index is 1.25. The van der Waals surface area contributed by atoms with Crippen molar-refractivity contribution in [2.45, 2.75) is 36.7 Å². The molecule has 1 N–H and O–H groups in total. The van der Waals surface area contributed by atoms with Crippen LogP contribution in [0.2, 0.25) is 5.02 Å². The van der Waals surface area contributed by atoms with Crippen LogP contribution in [0.15, 0.2) is 79.1 Å². The average Bonchev–Trinajstić information content (AvgIpc) is 3.56. The molecule has 0 saturated carbocycles. The van der Waals surface area contributed by atoms with Gasteiger partial charge in [-0.25, -0.2) is 17.9 Å². The highest BCUT2D eigenvalue weighted by molar-refractivity contribution is 6.32. The third kappa shape index (κ3) is 5.60. The van der Waals surface area contributed by atoms with Gasteiger partial charge in [0, 0.05) is 34.8 Å². The smallest absolute Gasteiger partial charge is 0.256 e. The second-order valence-corrected chi connectivity index (χ2v) is 11.3. The summed E-state index contributed by atoms with van der Waals surface area (Å²) in [6.07, 6.45) is -1.53. The first-order chi connectivity index (χ1) is 22.3. The summed E-state index contributed by atoms with van der Waals surface area (Å²) in [5.74, 6) is -4.90. The van der Waals surface area contributed by atoms with Gasteiger partial charge in [-0.1, -0.05) is 53.2 Å². The molecular weight excluding hydrogens is 627 g/mol. The number of methoxy groups -OCH3 is 1. The highest BCUT2D eigenvalue weighted by Gasteiger charge is 2.53. The van der Waals surface area contributed by atoms with Crippen molar-refractivity contribution in [3.05, 3.63) is 107 Å². The molecule has 1 amide bonds. The number of benzene rings is 3. The van der Waals surface area contributed by atoms with Crippen LogP contribution in [0.5, 0.6) is 0 Å². The van der Waals surface area contributed by atoms with Gasteiger partial charge >= 0.3 is 0 Å². The quantitative estimate of drug-likeness (QED) is 0.235. The number of fused-ring (bicyclic) bond motifs is 2. The Morgan fingerprint density at radius 1 is 1.04 bits per heavy atom. The van der Waals surface area contributed by atoms with Gasteiger partial charge in [-0.05, 0) is 30.3 Å². The number of amides is 1. The van der Waals surface area contributed by atoms with Crippen LogP contribution >= 0.6 is 11.6 Å². The molecule has 46 heavy (non-hydrogen) atoms. The van der Waals surface area contributed by atoms with Gasteiger partial charge in [-0.2, -0.15) is 0 Å². The van der Waals surface area contributed by atoms with Crippen LogP contribution in [0.25, 0.3) is 22.2 Å². The lowest BCUT2D eigenvalue weighted by atomic mass is 9.90. The minimum atomic E-state index is -1.60. The Bertz CT molecular complexity index is 1890. The summed E-state index contributed by atoms with van der Waals surface area (Å²) in [6.45, 7) is 0.0541. The molecule has 6 atom stereocenters. The van der Waals surface area contributed by atoms with Crippen molar-refractivity contribution in [1.29, 1.82) is 0 Å². The molecule has 0 spiro atoms. The third-order valence-electron chi connectivity index (χ3n) is 7.98. The van der Waals surface area contributed by atoms with Crippen molar-refractivity contribution in [3.63, 3.8) is 0 Å². The van der Waals surface area contributed by atoms with Crippen LogP contribution in [0.1, 0.15) is 17.9 Å². The molecule has 0 radical (unpaired) electrons. The number of hydrogen-bond donors (Lipinski definition) is 1. The zero-order valence-electron chi connectivity index (χ0n) is 24.0. The van der Waals surface area contributed by atoms with Crippen molar-refractivity contribution >= 4 is 34.1 Å². The fourth-order valence-electron chi connectivity index (χ4n) is 5.87. The van der Waals surface area contributed by atoms with E-state index in [0.717, 1.165) is 23.1 Å². The van der Waals surface area contributed by atoms with E-state index in [2.05, 4.69) is 20.6 Å². The largest absolute Gasteiger partial charge is 0.376 e. The molecule has 4 heterocycles. The maximum absolute atomic E-state index is 14.1. The molecule has 0 bridgehead atoms. The summed E-state index contributed by atoms with van der Waals surface area (Å²) in [7, 11) is 1.41. The summed E-state index contributed by atoms with van der Waals surface area (Å²) in [4.78, 5) is 18.3. The van der Waals surface area contributed by atoms with Gasteiger partial charge < -0.3 is 24.3 Å². The number of anilines is 1. The predicted octanol–water partition coefficient (Wildman–Crippen LogP) is 5.64. The van der Waals surface area contributed by atoms with Crippen molar-refractivity contribution in [3.8, 4) is 11.3 Å². The first-order valence-electron chi connectivity index (χ1n) is 14.2. The van der Waals surface area contributed by atoms with Crippen LogP contribution in [0.4, 0.5) is 18.9 Å². The van der Waals surface area contributed by atoms with Crippen molar-refractivity contribution < 1.29 is 36.9 Å². The van der Waals surface area contributed by atoms with Crippen molar-refractivity contribution in [2.24, 2.45) is 0 Å². The molecule has 236 valence electrons. The van der Waals surface area contributed by atoms with Gasteiger partial charge in [0.15, 0.2) is 29.8 Å². The highest BCUT2D eigenvalue weighted by atomic mass is 35.5. The number of rotatable bonds is 6. The molecule has 2 aliphatic rings. The van der Waals surface area contributed by atoms with Gasteiger partial charge in [0.05, 0.1) is 24.0 Å². The Morgan fingerprint density at radius 3 is 2.59 bits per heavy atom. The normalized spacial score (nSPS) is 24.5. The van der Waals surface area contributed by atoms with E-state index in [1.807, 2.05) is 36.4 Å². The molecule has 2 aromatic heterocycles. The summed E-state index contributed by atoms with van der Waals surface area (Å²) in [5, 5.41) is 12.3. The summed E-state index contributed by atoms with van der Waals surface area (Å²) in [6, 6.07) is 17.0. The van der Waals surface area contributed by atoms with E-state index in [0.29, 0.717) is 16.2 Å². The molecule has 2 saturated heterocycles. The Hall–Kier alpha value is -4.40. The van der Waals surface area contributed by atoms with Crippen LogP contribution in [-0.2, 0) is 23.7 Å². The molecule has 2 fully saturated rings. The van der Waals surface area contributed by atoms with Crippen LogP contribution in [0, 0.1) is 17.5 Å². The van der Waals surface area contributed by atoms with E-state index >= 15 is 0 Å². The fraction of sp³-hybridized carbons (Fsp3) is 0.250. The Labute approximate surface area is 265 Å². The summed E-state index contributed by atoms with van der Waals surface area (Å²) < 4.78 is 67.8. The molecular formula is C32H25ClF3N5O5. The molecule has 3 aromatic carbocycles. The predicted molar refractivity (Wildman–Crippen MR) is 159 cm³/mol. The van der Waals surface area contributed by atoms with Crippen molar-refractivity contribution in [1.82, 2.24) is 20.0 Å².